The van der Waals surface area contributed by atoms with E-state index in [2.05, 4.69) is 52.0 Å². The smallest absolute Gasteiger partial charge is 0.306 e. The molecule has 1 aliphatic rings. The van der Waals surface area contributed by atoms with Crippen molar-refractivity contribution in [3.05, 3.63) is 24.3 Å². The quantitative estimate of drug-likeness (QED) is 0.142. The van der Waals surface area contributed by atoms with Gasteiger partial charge in [0.2, 0.25) is 0 Å². The Bertz CT molecular complexity index is 477. The van der Waals surface area contributed by atoms with Gasteiger partial charge in [-0.2, -0.15) is 0 Å². The van der Waals surface area contributed by atoms with E-state index >= 15 is 0 Å². The van der Waals surface area contributed by atoms with Crippen molar-refractivity contribution in [1.82, 2.24) is 0 Å². The van der Waals surface area contributed by atoms with Gasteiger partial charge < -0.3 is 4.74 Å². The zero-order chi connectivity index (χ0) is 22.0. The topological polar surface area (TPSA) is 26.3 Å². The molecule has 0 saturated heterocycles. The van der Waals surface area contributed by atoms with Crippen molar-refractivity contribution >= 4 is 5.97 Å². The van der Waals surface area contributed by atoms with E-state index in [0.29, 0.717) is 24.2 Å². The second-order valence-electron chi connectivity index (χ2n) is 9.87. The summed E-state index contributed by atoms with van der Waals surface area (Å²) in [4.78, 5) is 12.3. The number of carbonyl (C=O) groups is 1. The molecule has 1 aliphatic carbocycles. The monoisotopic (exact) mass is 418 g/mol. The van der Waals surface area contributed by atoms with Gasteiger partial charge in [0.15, 0.2) is 0 Å². The van der Waals surface area contributed by atoms with Crippen LogP contribution in [0.3, 0.4) is 0 Å². The van der Waals surface area contributed by atoms with Gasteiger partial charge in [-0.05, 0) is 62.7 Å². The predicted molar refractivity (Wildman–Crippen MR) is 131 cm³/mol. The van der Waals surface area contributed by atoms with Crippen LogP contribution in [0.5, 0.6) is 0 Å². The maximum Gasteiger partial charge on any atom is 0.306 e. The molecule has 1 saturated carbocycles. The minimum atomic E-state index is 0.0316. The normalized spacial score (nSPS) is 22.4. The van der Waals surface area contributed by atoms with Crippen molar-refractivity contribution in [2.45, 2.75) is 130 Å². The van der Waals surface area contributed by atoms with Crippen LogP contribution < -0.4 is 0 Å². The van der Waals surface area contributed by atoms with Crippen molar-refractivity contribution in [3.8, 4) is 0 Å². The van der Waals surface area contributed by atoms with Crippen molar-refractivity contribution < 1.29 is 9.53 Å². The molecule has 0 heterocycles. The molecule has 0 aromatic heterocycles. The van der Waals surface area contributed by atoms with Crippen molar-refractivity contribution in [3.63, 3.8) is 0 Å². The van der Waals surface area contributed by atoms with Crippen LogP contribution in [-0.4, -0.2) is 12.1 Å². The summed E-state index contributed by atoms with van der Waals surface area (Å²) in [5.41, 5.74) is 0. The highest BCUT2D eigenvalue weighted by molar-refractivity contribution is 5.69. The minimum Gasteiger partial charge on any atom is -0.462 e. The molecule has 174 valence electrons. The highest BCUT2D eigenvalue weighted by Gasteiger charge is 2.33. The molecule has 0 bridgehead atoms. The molecule has 0 aromatic carbocycles. The van der Waals surface area contributed by atoms with Gasteiger partial charge in [-0.25, -0.2) is 0 Å². The lowest BCUT2D eigenvalue weighted by Gasteiger charge is -2.36. The molecule has 0 aliphatic heterocycles. The third kappa shape index (κ3) is 13.3. The molecule has 2 nitrogen and oxygen atoms in total. The van der Waals surface area contributed by atoms with Crippen LogP contribution >= 0.6 is 0 Å². The van der Waals surface area contributed by atoms with Gasteiger partial charge in [-0.1, -0.05) is 96.9 Å². The standard InChI is InChI=1S/C28H50O2/c1-5-6-7-8-9-10-11-12-13-14-15-16-17-18-19-20-28(29)30-27-23-25(4)21-22-26(27)24(2)3/h10-13,24-27H,5-9,14-23H2,1-4H3/b11-10+,13-12-/t25-,26+,27-/m1/s1. The van der Waals surface area contributed by atoms with Crippen LogP contribution in [-0.2, 0) is 9.53 Å². The zero-order valence-electron chi connectivity index (χ0n) is 20.5. The van der Waals surface area contributed by atoms with Gasteiger partial charge in [0, 0.05) is 6.42 Å². The Balaban J connectivity index is 2.00. The van der Waals surface area contributed by atoms with Crippen molar-refractivity contribution in [2.75, 3.05) is 0 Å². The fraction of sp³-hybridized carbons (Fsp3) is 0.821. The van der Waals surface area contributed by atoms with E-state index in [1.165, 1.54) is 70.6 Å². The second kappa shape index (κ2) is 17.6. The Kier molecular flexibility index (Phi) is 15.8. The summed E-state index contributed by atoms with van der Waals surface area (Å²) >= 11 is 0. The highest BCUT2D eigenvalue weighted by atomic mass is 16.5. The fourth-order valence-electron chi connectivity index (χ4n) is 4.58. The lowest BCUT2D eigenvalue weighted by molar-refractivity contribution is -0.156. The average Bonchev–Trinajstić information content (AvgIpc) is 2.70. The largest absolute Gasteiger partial charge is 0.462 e. The summed E-state index contributed by atoms with van der Waals surface area (Å²) in [5.74, 6) is 1.87. The summed E-state index contributed by atoms with van der Waals surface area (Å²) in [5, 5.41) is 0. The lowest BCUT2D eigenvalue weighted by Crippen LogP contribution is -2.35. The van der Waals surface area contributed by atoms with Crippen LogP contribution in [0.25, 0.3) is 0 Å². The number of allylic oxidation sites excluding steroid dienone is 4. The van der Waals surface area contributed by atoms with Gasteiger partial charge in [0.1, 0.15) is 6.10 Å². The van der Waals surface area contributed by atoms with Gasteiger partial charge in [-0.15, -0.1) is 0 Å². The first-order valence-corrected chi connectivity index (χ1v) is 13.1. The third-order valence-corrected chi connectivity index (χ3v) is 6.60. The van der Waals surface area contributed by atoms with E-state index in [-0.39, 0.29) is 12.1 Å². The molecule has 0 aromatic rings. The molecule has 1 fully saturated rings. The lowest BCUT2D eigenvalue weighted by atomic mass is 9.75. The number of carbonyl (C=O) groups excluding carboxylic acids is 1. The first-order chi connectivity index (χ1) is 14.5. The molecule has 3 atom stereocenters. The minimum absolute atomic E-state index is 0.0316. The van der Waals surface area contributed by atoms with Crippen LogP contribution in [0.2, 0.25) is 0 Å². The SMILES string of the molecule is CCCCCC/C=C/C=C\CCCCCCCC(=O)O[C@@H]1C[C@H](C)CC[C@H]1C(C)C. The number of hydrogen-bond acceptors (Lipinski definition) is 2. The molecule has 0 spiro atoms. The van der Waals surface area contributed by atoms with Crippen LogP contribution in [0.4, 0.5) is 0 Å². The number of esters is 1. The average molecular weight is 419 g/mol. The van der Waals surface area contributed by atoms with E-state index in [0.717, 1.165) is 19.3 Å². The maximum atomic E-state index is 12.3. The van der Waals surface area contributed by atoms with Gasteiger partial charge in [0.25, 0.3) is 0 Å². The van der Waals surface area contributed by atoms with Crippen LogP contribution in [0, 0.1) is 17.8 Å². The summed E-state index contributed by atoms with van der Waals surface area (Å²) < 4.78 is 5.90. The van der Waals surface area contributed by atoms with E-state index in [4.69, 9.17) is 4.74 Å². The Labute approximate surface area is 187 Å². The predicted octanol–water partition coefficient (Wildman–Crippen LogP) is 8.80. The van der Waals surface area contributed by atoms with Crippen LogP contribution in [0.1, 0.15) is 124 Å². The molecule has 30 heavy (non-hydrogen) atoms. The molecule has 0 amide bonds. The zero-order valence-corrected chi connectivity index (χ0v) is 20.5. The molecule has 2 heteroatoms. The Hall–Kier alpha value is -1.05. The third-order valence-electron chi connectivity index (χ3n) is 6.60. The molecular formula is C28H50O2. The Morgan fingerprint density at radius 1 is 0.900 bits per heavy atom. The van der Waals surface area contributed by atoms with Gasteiger partial charge in [0.05, 0.1) is 0 Å². The summed E-state index contributed by atoms with van der Waals surface area (Å²) in [7, 11) is 0. The first-order valence-electron chi connectivity index (χ1n) is 13.1. The summed E-state index contributed by atoms with van der Waals surface area (Å²) in [6.45, 7) is 9.08. The number of hydrogen-bond donors (Lipinski definition) is 0. The molecule has 0 unspecified atom stereocenters. The Morgan fingerprint density at radius 3 is 2.13 bits per heavy atom. The van der Waals surface area contributed by atoms with Gasteiger partial charge >= 0.3 is 5.97 Å². The molecule has 1 rings (SSSR count). The van der Waals surface area contributed by atoms with Crippen molar-refractivity contribution in [1.29, 1.82) is 0 Å². The Morgan fingerprint density at radius 2 is 1.50 bits per heavy atom. The van der Waals surface area contributed by atoms with Gasteiger partial charge in [-0.3, -0.25) is 4.79 Å². The number of ether oxygens (including phenoxy) is 1. The number of unbranched alkanes of at least 4 members (excludes halogenated alkanes) is 9. The highest BCUT2D eigenvalue weighted by Crippen LogP contribution is 2.35. The van der Waals surface area contributed by atoms with E-state index in [1.807, 2.05) is 0 Å². The summed E-state index contributed by atoms with van der Waals surface area (Å²) in [6.07, 6.45) is 26.9. The second-order valence-corrected chi connectivity index (χ2v) is 9.87. The van der Waals surface area contributed by atoms with E-state index in [9.17, 15) is 4.79 Å². The van der Waals surface area contributed by atoms with E-state index < -0.39 is 0 Å². The van der Waals surface area contributed by atoms with E-state index in [1.54, 1.807) is 0 Å². The maximum absolute atomic E-state index is 12.3. The molecule has 0 N–H and O–H groups in total. The molecule has 0 radical (unpaired) electrons. The van der Waals surface area contributed by atoms with Crippen LogP contribution in [0.15, 0.2) is 24.3 Å². The molecular weight excluding hydrogens is 368 g/mol. The van der Waals surface area contributed by atoms with Crippen molar-refractivity contribution in [2.24, 2.45) is 17.8 Å². The first kappa shape index (κ1) is 27.0. The fourth-order valence-corrected chi connectivity index (χ4v) is 4.58. The number of rotatable bonds is 16. The summed E-state index contributed by atoms with van der Waals surface area (Å²) in [6, 6.07) is 0.